The lowest BCUT2D eigenvalue weighted by Gasteiger charge is -2.27. The van der Waals surface area contributed by atoms with E-state index in [1.165, 1.54) is 17.8 Å². The molecule has 3 aromatic carbocycles. The third-order valence-electron chi connectivity index (χ3n) is 5.89. The molecule has 1 fully saturated rings. The summed E-state index contributed by atoms with van der Waals surface area (Å²) in [5, 5.41) is 0. The van der Waals surface area contributed by atoms with E-state index in [0.717, 1.165) is 35.3 Å². The highest BCUT2D eigenvalue weighted by atomic mass is 32.2. The fourth-order valence-electron chi connectivity index (χ4n) is 4.13. The van der Waals surface area contributed by atoms with Gasteiger partial charge in [0.1, 0.15) is 0 Å². The van der Waals surface area contributed by atoms with Crippen molar-refractivity contribution in [2.24, 2.45) is 0 Å². The smallest absolute Gasteiger partial charge is 0.255 e. The number of nitrogens with zero attached hydrogens (tertiary/aromatic N) is 1. The predicted molar refractivity (Wildman–Crippen MR) is 133 cm³/mol. The van der Waals surface area contributed by atoms with Crippen molar-refractivity contribution in [2.75, 3.05) is 19.3 Å². The summed E-state index contributed by atoms with van der Waals surface area (Å²) in [6.45, 7) is 1.43. The average Bonchev–Trinajstić information content (AvgIpc) is 2.88. The number of nitrogens with one attached hydrogen (secondary N) is 1. The van der Waals surface area contributed by atoms with Crippen LogP contribution in [0.5, 0.6) is 0 Å². The molecular formula is C26H28N2O3S2. The van der Waals surface area contributed by atoms with Gasteiger partial charge in [0.2, 0.25) is 10.0 Å². The van der Waals surface area contributed by atoms with Gasteiger partial charge in [0.25, 0.3) is 5.91 Å². The Labute approximate surface area is 200 Å². The average molecular weight is 481 g/mol. The molecular weight excluding hydrogens is 452 g/mol. The van der Waals surface area contributed by atoms with Gasteiger partial charge in [-0.3, -0.25) is 4.79 Å². The summed E-state index contributed by atoms with van der Waals surface area (Å²) in [6.07, 6.45) is 4.98. The molecule has 0 aliphatic carbocycles. The molecule has 172 valence electrons. The van der Waals surface area contributed by atoms with Crippen molar-refractivity contribution < 1.29 is 13.2 Å². The molecule has 0 bridgehead atoms. The molecule has 0 spiro atoms. The maximum absolute atomic E-state index is 13.5. The second-order valence-corrected chi connectivity index (χ2v) is 10.7. The number of carbonyl (C=O) groups is 1. The first kappa shape index (κ1) is 23.5. The number of amides is 1. The van der Waals surface area contributed by atoms with Crippen LogP contribution in [-0.4, -0.2) is 38.6 Å². The first-order chi connectivity index (χ1) is 16.0. The van der Waals surface area contributed by atoms with E-state index in [4.69, 9.17) is 0 Å². The van der Waals surface area contributed by atoms with Gasteiger partial charge in [0, 0.05) is 18.0 Å². The number of hydrogen-bond donors (Lipinski definition) is 1. The van der Waals surface area contributed by atoms with Crippen LogP contribution >= 0.6 is 11.8 Å². The minimum Gasteiger partial charge on any atom is -0.339 e. The van der Waals surface area contributed by atoms with E-state index in [9.17, 15) is 13.2 Å². The fraction of sp³-hybridized carbons (Fsp3) is 0.269. The van der Waals surface area contributed by atoms with Crippen LogP contribution in [0.15, 0.2) is 88.7 Å². The molecule has 4 rings (SSSR count). The molecule has 1 N–H and O–H groups in total. The first-order valence-electron chi connectivity index (χ1n) is 11.1. The molecule has 3 aromatic rings. The van der Waals surface area contributed by atoms with Gasteiger partial charge in [-0.25, -0.2) is 8.42 Å². The third-order valence-corrected chi connectivity index (χ3v) is 8.11. The number of hydrogen-bond acceptors (Lipinski definition) is 4. The van der Waals surface area contributed by atoms with Gasteiger partial charge in [0.15, 0.2) is 0 Å². The number of sulfonamides is 1. The second-order valence-electron chi connectivity index (χ2n) is 8.09. The number of carbonyl (C=O) groups excluding carboxylic acids is 1. The van der Waals surface area contributed by atoms with Crippen LogP contribution in [0.4, 0.5) is 0 Å². The Balaban J connectivity index is 1.69. The summed E-state index contributed by atoms with van der Waals surface area (Å²) in [5.74, 6) is -0.0984. The Bertz CT molecular complexity index is 1150. The zero-order valence-corrected chi connectivity index (χ0v) is 20.2. The Hall–Kier alpha value is -2.61. The van der Waals surface area contributed by atoms with Crippen LogP contribution in [0, 0.1) is 0 Å². The van der Waals surface area contributed by atoms with Crippen LogP contribution in [0.3, 0.4) is 0 Å². The summed E-state index contributed by atoms with van der Waals surface area (Å²) >= 11 is 1.45. The number of likely N-dealkylation sites (tertiary alicyclic amines) is 1. The van der Waals surface area contributed by atoms with Crippen molar-refractivity contribution in [2.45, 2.75) is 35.1 Å². The lowest BCUT2D eigenvalue weighted by atomic mass is 10.00. The Morgan fingerprint density at radius 2 is 1.45 bits per heavy atom. The Kier molecular flexibility index (Phi) is 7.53. The number of thioether (sulfide) groups is 1. The fourth-order valence-corrected chi connectivity index (χ4v) is 5.94. The van der Waals surface area contributed by atoms with Crippen LogP contribution in [0.1, 0.15) is 46.8 Å². The lowest BCUT2D eigenvalue weighted by molar-refractivity contribution is 0.0720. The van der Waals surface area contributed by atoms with Crippen molar-refractivity contribution >= 4 is 27.7 Å². The third kappa shape index (κ3) is 5.49. The summed E-state index contributed by atoms with van der Waals surface area (Å²) in [4.78, 5) is 15.9. The van der Waals surface area contributed by atoms with Gasteiger partial charge >= 0.3 is 0 Å². The summed E-state index contributed by atoms with van der Waals surface area (Å²) in [6, 6.07) is 23.3. The Morgan fingerprint density at radius 1 is 0.879 bits per heavy atom. The number of rotatable bonds is 7. The van der Waals surface area contributed by atoms with E-state index in [-0.39, 0.29) is 10.8 Å². The van der Waals surface area contributed by atoms with E-state index in [2.05, 4.69) is 4.72 Å². The summed E-state index contributed by atoms with van der Waals surface area (Å²) < 4.78 is 29.9. The molecule has 1 aliphatic heterocycles. The van der Waals surface area contributed by atoms with Gasteiger partial charge in [-0.1, -0.05) is 60.7 Å². The highest BCUT2D eigenvalue weighted by molar-refractivity contribution is 7.98. The zero-order valence-electron chi connectivity index (χ0n) is 18.6. The molecule has 1 amide bonds. The van der Waals surface area contributed by atoms with Crippen molar-refractivity contribution in [1.82, 2.24) is 9.62 Å². The highest BCUT2D eigenvalue weighted by Gasteiger charge is 2.26. The molecule has 5 nitrogen and oxygen atoms in total. The van der Waals surface area contributed by atoms with E-state index < -0.39 is 16.1 Å². The first-order valence-corrected chi connectivity index (χ1v) is 13.8. The van der Waals surface area contributed by atoms with E-state index >= 15 is 0 Å². The summed E-state index contributed by atoms with van der Waals surface area (Å²) in [7, 11) is -3.90. The summed E-state index contributed by atoms with van der Waals surface area (Å²) in [5.41, 5.74) is 2.14. The van der Waals surface area contributed by atoms with Crippen LogP contribution in [-0.2, 0) is 10.0 Å². The topological polar surface area (TPSA) is 66.5 Å². The Morgan fingerprint density at radius 3 is 2.00 bits per heavy atom. The normalized spacial score (nSPS) is 14.4. The quantitative estimate of drug-likeness (QED) is 0.478. The number of piperidine rings is 1. The molecule has 0 unspecified atom stereocenters. The van der Waals surface area contributed by atoms with E-state index in [1.807, 2.05) is 71.8 Å². The maximum atomic E-state index is 13.5. The van der Waals surface area contributed by atoms with Gasteiger partial charge in [-0.05, 0) is 54.8 Å². The SMILES string of the molecule is CSc1ccc(S(=O)(=O)NC(c2ccccc2)c2ccccc2)cc1C(=O)N1CCCCC1. The molecule has 1 heterocycles. The molecule has 1 aliphatic rings. The van der Waals surface area contributed by atoms with Crippen LogP contribution in [0.25, 0.3) is 0 Å². The predicted octanol–water partition coefficient (Wildman–Crippen LogP) is 5.10. The van der Waals surface area contributed by atoms with Gasteiger partial charge in [-0.2, -0.15) is 4.72 Å². The van der Waals surface area contributed by atoms with Crippen molar-refractivity contribution in [1.29, 1.82) is 0 Å². The second kappa shape index (κ2) is 10.5. The minimum absolute atomic E-state index is 0.0949. The van der Waals surface area contributed by atoms with Gasteiger partial charge in [0.05, 0.1) is 16.5 Å². The lowest BCUT2D eigenvalue weighted by Crippen LogP contribution is -2.36. The minimum atomic E-state index is -3.90. The maximum Gasteiger partial charge on any atom is 0.255 e. The molecule has 1 saturated heterocycles. The van der Waals surface area contributed by atoms with Crippen LogP contribution < -0.4 is 4.72 Å². The van der Waals surface area contributed by atoms with E-state index in [1.54, 1.807) is 12.1 Å². The van der Waals surface area contributed by atoms with Gasteiger partial charge in [-0.15, -0.1) is 11.8 Å². The van der Waals surface area contributed by atoms with Crippen molar-refractivity contribution in [3.05, 3.63) is 95.6 Å². The van der Waals surface area contributed by atoms with Crippen molar-refractivity contribution in [3.8, 4) is 0 Å². The largest absolute Gasteiger partial charge is 0.339 e. The molecule has 7 heteroatoms. The molecule has 0 atom stereocenters. The molecule has 0 radical (unpaired) electrons. The van der Waals surface area contributed by atoms with Crippen LogP contribution in [0.2, 0.25) is 0 Å². The van der Waals surface area contributed by atoms with Gasteiger partial charge < -0.3 is 4.90 Å². The van der Waals surface area contributed by atoms with Crippen molar-refractivity contribution in [3.63, 3.8) is 0 Å². The molecule has 33 heavy (non-hydrogen) atoms. The molecule has 0 saturated carbocycles. The zero-order chi connectivity index (χ0) is 23.3. The number of benzene rings is 3. The standard InChI is InChI=1S/C26H28N2O3S2/c1-32-24-16-15-22(19-23(24)26(29)28-17-9-4-10-18-28)33(30,31)27-25(20-11-5-2-6-12-20)21-13-7-3-8-14-21/h2-3,5-8,11-16,19,25,27H,4,9-10,17-18H2,1H3. The molecule has 0 aromatic heterocycles. The highest BCUT2D eigenvalue weighted by Crippen LogP contribution is 2.28. The van der Waals surface area contributed by atoms with E-state index in [0.29, 0.717) is 18.7 Å². The monoisotopic (exact) mass is 480 g/mol.